The molecule has 0 bridgehead atoms. The summed E-state index contributed by atoms with van der Waals surface area (Å²) in [5.74, 6) is 0.348. The molecule has 0 aromatic carbocycles. The lowest BCUT2D eigenvalue weighted by Gasteiger charge is -2.34. The Kier molecular flexibility index (Phi) is 3.36. The van der Waals surface area contributed by atoms with E-state index >= 15 is 0 Å². The number of nitrogens with one attached hydrogen (secondary N) is 1. The molecule has 114 valence electrons. The number of carbonyl (C=O) groups excluding carboxylic acids is 1. The van der Waals surface area contributed by atoms with Gasteiger partial charge in [-0.2, -0.15) is 11.8 Å². The molecule has 1 aliphatic heterocycles. The second kappa shape index (κ2) is 5.00. The van der Waals surface area contributed by atoms with Crippen molar-refractivity contribution in [1.29, 1.82) is 0 Å². The Bertz CT molecular complexity index is 532. The van der Waals surface area contributed by atoms with Crippen LogP contribution in [0.3, 0.4) is 0 Å². The third-order valence-corrected chi connectivity index (χ3v) is 7.69. The Morgan fingerprint density at radius 2 is 2.14 bits per heavy atom. The van der Waals surface area contributed by atoms with Crippen molar-refractivity contribution in [2.75, 3.05) is 12.8 Å². The van der Waals surface area contributed by atoms with Crippen molar-refractivity contribution in [3.8, 4) is 0 Å². The molecule has 1 aromatic rings. The van der Waals surface area contributed by atoms with E-state index < -0.39 is 0 Å². The minimum Gasteiger partial charge on any atom is -0.319 e. The van der Waals surface area contributed by atoms with Gasteiger partial charge >= 0.3 is 0 Å². The predicted octanol–water partition coefficient (Wildman–Crippen LogP) is 3.39. The van der Waals surface area contributed by atoms with E-state index in [4.69, 9.17) is 0 Å². The summed E-state index contributed by atoms with van der Waals surface area (Å²) in [6.45, 7) is 0.907. The minimum atomic E-state index is -0.215. The van der Waals surface area contributed by atoms with Crippen molar-refractivity contribution in [2.24, 2.45) is 0 Å². The summed E-state index contributed by atoms with van der Waals surface area (Å²) < 4.78 is 0.285. The van der Waals surface area contributed by atoms with E-state index in [1.807, 2.05) is 11.8 Å². The second-order valence-corrected chi connectivity index (χ2v) is 8.93. The van der Waals surface area contributed by atoms with Gasteiger partial charge in [-0.15, -0.1) is 11.3 Å². The van der Waals surface area contributed by atoms with Crippen LogP contribution in [0.25, 0.3) is 0 Å². The van der Waals surface area contributed by atoms with Crippen molar-refractivity contribution < 1.29 is 4.79 Å². The molecule has 0 radical (unpaired) electrons. The van der Waals surface area contributed by atoms with Gasteiger partial charge in [0.05, 0.1) is 0 Å². The highest BCUT2D eigenvalue weighted by Crippen LogP contribution is 2.49. The molecular formula is C16H22N2OS2. The van der Waals surface area contributed by atoms with Crippen molar-refractivity contribution in [1.82, 2.24) is 10.2 Å². The average Bonchev–Trinajstić information content (AvgIpc) is 2.88. The lowest BCUT2D eigenvalue weighted by molar-refractivity contribution is -0.131. The smallest absolute Gasteiger partial charge is 0.244 e. The zero-order valence-electron chi connectivity index (χ0n) is 12.4. The summed E-state index contributed by atoms with van der Waals surface area (Å²) in [5, 5.41) is 5.74. The van der Waals surface area contributed by atoms with Crippen LogP contribution in [-0.2, 0) is 4.79 Å². The van der Waals surface area contributed by atoms with Gasteiger partial charge in [-0.1, -0.05) is 18.9 Å². The standard InChI is InChI=1S/C16H22N2OS2/c1-20-15(6-2-3-7-15)11-18-13(12-5-4-10-21-12)17-16(8-9-16)14(18)19/h4-5,10,13,17H,2-3,6-9,11H2,1H3. The van der Waals surface area contributed by atoms with E-state index in [0.717, 1.165) is 19.4 Å². The Labute approximate surface area is 134 Å². The molecule has 4 rings (SSSR count). The highest BCUT2D eigenvalue weighted by molar-refractivity contribution is 8.00. The Morgan fingerprint density at radius 1 is 1.38 bits per heavy atom. The first-order valence-corrected chi connectivity index (χ1v) is 9.96. The molecule has 1 N–H and O–H groups in total. The molecule has 3 aliphatic rings. The molecule has 21 heavy (non-hydrogen) atoms. The molecule has 2 saturated carbocycles. The lowest BCUT2D eigenvalue weighted by Crippen LogP contribution is -2.42. The largest absolute Gasteiger partial charge is 0.319 e. The first-order valence-electron chi connectivity index (χ1n) is 7.85. The fourth-order valence-corrected chi connectivity index (χ4v) is 5.62. The van der Waals surface area contributed by atoms with Crippen LogP contribution in [0.15, 0.2) is 17.5 Å². The van der Waals surface area contributed by atoms with Gasteiger partial charge < -0.3 is 4.90 Å². The molecule has 2 aliphatic carbocycles. The van der Waals surface area contributed by atoms with Gasteiger partial charge in [0.25, 0.3) is 0 Å². The van der Waals surface area contributed by atoms with Gasteiger partial charge in [-0.3, -0.25) is 10.1 Å². The number of thiophene rings is 1. The summed E-state index contributed by atoms with van der Waals surface area (Å²) in [5.41, 5.74) is -0.215. The van der Waals surface area contributed by atoms with Crippen molar-refractivity contribution >= 4 is 29.0 Å². The van der Waals surface area contributed by atoms with Gasteiger partial charge in [0, 0.05) is 16.2 Å². The maximum atomic E-state index is 12.9. The number of carbonyl (C=O) groups is 1. The molecule has 1 spiro atoms. The Hall–Kier alpha value is -0.520. The van der Waals surface area contributed by atoms with Crippen molar-refractivity contribution in [3.05, 3.63) is 22.4 Å². The van der Waals surface area contributed by atoms with E-state index in [1.54, 1.807) is 11.3 Å². The molecule has 1 saturated heterocycles. The number of rotatable bonds is 4. The monoisotopic (exact) mass is 322 g/mol. The Balaban J connectivity index is 1.62. The predicted molar refractivity (Wildman–Crippen MR) is 88.6 cm³/mol. The average molecular weight is 322 g/mol. The molecular weight excluding hydrogens is 300 g/mol. The maximum Gasteiger partial charge on any atom is 0.244 e. The lowest BCUT2D eigenvalue weighted by atomic mass is 10.1. The van der Waals surface area contributed by atoms with E-state index in [0.29, 0.717) is 5.91 Å². The number of thioether (sulfide) groups is 1. The van der Waals surface area contributed by atoms with Crippen molar-refractivity contribution in [2.45, 2.75) is 55.0 Å². The summed E-state index contributed by atoms with van der Waals surface area (Å²) in [6.07, 6.45) is 9.46. The molecule has 1 unspecified atom stereocenters. The molecule has 1 aromatic heterocycles. The van der Waals surface area contributed by atoms with E-state index in [-0.39, 0.29) is 16.5 Å². The zero-order valence-corrected chi connectivity index (χ0v) is 14.1. The van der Waals surface area contributed by atoms with Crippen LogP contribution in [0, 0.1) is 0 Å². The molecule has 3 fully saturated rings. The minimum absolute atomic E-state index is 0.102. The summed E-state index contributed by atoms with van der Waals surface area (Å²) >= 11 is 3.73. The third kappa shape index (κ3) is 2.25. The highest BCUT2D eigenvalue weighted by atomic mass is 32.2. The van der Waals surface area contributed by atoms with E-state index in [9.17, 15) is 4.79 Å². The summed E-state index contributed by atoms with van der Waals surface area (Å²) in [4.78, 5) is 16.3. The zero-order chi connectivity index (χ0) is 14.5. The first kappa shape index (κ1) is 14.1. The number of hydrogen-bond donors (Lipinski definition) is 1. The van der Waals surface area contributed by atoms with Gasteiger partial charge in [-0.25, -0.2) is 0 Å². The van der Waals surface area contributed by atoms with Crippen LogP contribution >= 0.6 is 23.1 Å². The molecule has 1 atom stereocenters. The SMILES string of the molecule is CSC1(CN2C(=O)C3(CC3)NC2c2cccs2)CCCC1. The quantitative estimate of drug-likeness (QED) is 0.922. The van der Waals surface area contributed by atoms with Crippen LogP contribution in [-0.4, -0.2) is 33.9 Å². The Morgan fingerprint density at radius 3 is 2.71 bits per heavy atom. The topological polar surface area (TPSA) is 32.3 Å². The van der Waals surface area contributed by atoms with Gasteiger partial charge in [0.1, 0.15) is 11.7 Å². The third-order valence-electron chi connectivity index (χ3n) is 5.36. The maximum absolute atomic E-state index is 12.9. The van der Waals surface area contributed by atoms with Crippen LogP contribution in [0.5, 0.6) is 0 Å². The van der Waals surface area contributed by atoms with Gasteiger partial charge in [0.2, 0.25) is 5.91 Å². The van der Waals surface area contributed by atoms with Crippen LogP contribution < -0.4 is 5.32 Å². The van der Waals surface area contributed by atoms with Crippen LogP contribution in [0.4, 0.5) is 0 Å². The van der Waals surface area contributed by atoms with E-state index in [1.165, 1.54) is 30.6 Å². The number of nitrogens with zero attached hydrogens (tertiary/aromatic N) is 1. The molecule has 5 heteroatoms. The number of hydrogen-bond acceptors (Lipinski definition) is 4. The second-order valence-electron chi connectivity index (χ2n) is 6.67. The fourth-order valence-electron chi connectivity index (χ4n) is 3.87. The molecule has 1 amide bonds. The summed E-state index contributed by atoms with van der Waals surface area (Å²) in [7, 11) is 0. The van der Waals surface area contributed by atoms with Crippen LogP contribution in [0.2, 0.25) is 0 Å². The summed E-state index contributed by atoms with van der Waals surface area (Å²) in [6, 6.07) is 4.24. The molecule has 3 nitrogen and oxygen atoms in total. The number of amides is 1. The van der Waals surface area contributed by atoms with Crippen LogP contribution in [0.1, 0.15) is 49.6 Å². The normalized spacial score (nSPS) is 29.5. The van der Waals surface area contributed by atoms with Gasteiger partial charge in [0.15, 0.2) is 0 Å². The van der Waals surface area contributed by atoms with E-state index in [2.05, 4.69) is 34.0 Å². The molecule has 2 heterocycles. The first-order chi connectivity index (χ1) is 10.2. The fraction of sp³-hybridized carbons (Fsp3) is 0.688. The van der Waals surface area contributed by atoms with Gasteiger partial charge in [-0.05, 0) is 43.4 Å². The van der Waals surface area contributed by atoms with Crippen molar-refractivity contribution in [3.63, 3.8) is 0 Å². The highest BCUT2D eigenvalue weighted by Gasteiger charge is 2.60.